The molecule has 1 atom stereocenters. The first-order chi connectivity index (χ1) is 15.8. The van der Waals surface area contributed by atoms with E-state index >= 15 is 0 Å². The van der Waals surface area contributed by atoms with Gasteiger partial charge in [-0.05, 0) is 18.2 Å². The van der Waals surface area contributed by atoms with E-state index in [4.69, 9.17) is 9.47 Å². The van der Waals surface area contributed by atoms with E-state index in [0.29, 0.717) is 16.7 Å². The van der Waals surface area contributed by atoms with E-state index in [2.05, 4.69) is 31.9 Å². The summed E-state index contributed by atoms with van der Waals surface area (Å²) in [6.45, 7) is 0. The van der Waals surface area contributed by atoms with E-state index in [0.717, 1.165) is 0 Å². The minimum Gasteiger partial charge on any atom is -0.508 e. The van der Waals surface area contributed by atoms with Crippen LogP contribution in [0.25, 0.3) is 0 Å². The van der Waals surface area contributed by atoms with Gasteiger partial charge in [-0.3, -0.25) is 9.59 Å². The molecule has 2 N–H and O–H groups in total. The first-order valence-electron chi connectivity index (χ1n) is 9.76. The number of carbonyl (C=O) groups excluding carboxylic acids is 3. The Morgan fingerprint density at radius 1 is 0.879 bits per heavy atom. The monoisotopic (exact) mass is 572 g/mol. The minimum atomic E-state index is -1.63. The smallest absolute Gasteiger partial charge is 0.340 e. The van der Waals surface area contributed by atoms with Gasteiger partial charge in [0.15, 0.2) is 17.2 Å². The van der Waals surface area contributed by atoms with Gasteiger partial charge >= 0.3 is 5.97 Å². The molecule has 0 bridgehead atoms. The van der Waals surface area contributed by atoms with E-state index in [1.54, 1.807) is 30.3 Å². The number of hydrogen-bond donors (Lipinski definition) is 2. The van der Waals surface area contributed by atoms with Crippen LogP contribution in [0.4, 0.5) is 0 Å². The van der Waals surface area contributed by atoms with Gasteiger partial charge in [0.05, 0.1) is 27.4 Å². The van der Waals surface area contributed by atoms with Gasteiger partial charge in [-0.2, -0.15) is 0 Å². The Labute approximate surface area is 204 Å². The fourth-order valence-electron chi connectivity index (χ4n) is 4.51. The Balaban J connectivity index is 1.99. The second-order valence-corrected chi connectivity index (χ2v) is 8.65. The number of carbonyl (C=O) groups is 3. The van der Waals surface area contributed by atoms with Gasteiger partial charge in [-0.1, -0.05) is 50.1 Å². The number of aromatic hydroxyl groups is 2. The van der Waals surface area contributed by atoms with Gasteiger partial charge in [0, 0.05) is 28.8 Å². The molecule has 0 aromatic heterocycles. The second kappa shape index (κ2) is 7.71. The lowest BCUT2D eigenvalue weighted by Gasteiger charge is -2.38. The van der Waals surface area contributed by atoms with Crippen LogP contribution in [0.15, 0.2) is 48.5 Å². The number of halogens is 2. The van der Waals surface area contributed by atoms with Crippen LogP contribution in [0, 0.1) is 0 Å². The fraction of sp³-hybridized carbons (Fsp3) is 0.125. The van der Waals surface area contributed by atoms with Crippen LogP contribution in [-0.2, 0) is 10.3 Å². The molecule has 0 saturated carbocycles. The van der Waals surface area contributed by atoms with Gasteiger partial charge in [0.25, 0.3) is 0 Å². The Kier molecular flexibility index (Phi) is 5.06. The predicted molar refractivity (Wildman–Crippen MR) is 124 cm³/mol. The maximum absolute atomic E-state index is 13.2. The van der Waals surface area contributed by atoms with Crippen molar-refractivity contribution in [2.75, 3.05) is 10.7 Å². The number of hydrogen-bond acceptors (Lipinski definition) is 7. The van der Waals surface area contributed by atoms with E-state index < -0.39 is 28.9 Å². The van der Waals surface area contributed by atoms with Crippen molar-refractivity contribution in [3.05, 3.63) is 81.9 Å². The number of ketones is 2. The van der Waals surface area contributed by atoms with Crippen molar-refractivity contribution in [3.63, 3.8) is 0 Å². The Hall–Kier alpha value is -3.17. The van der Waals surface area contributed by atoms with E-state index in [-0.39, 0.29) is 44.6 Å². The SMILES string of the molecule is O=C1OC2(c3ccc(O)cc3Oc3cc(O)c(C(=O)CBr)c(C(=O)CBr)c32)c2ccccc21. The zero-order valence-electron chi connectivity index (χ0n) is 16.7. The third-order valence-electron chi connectivity index (χ3n) is 5.76. The number of phenolic OH excluding ortho intramolecular Hbond substituents is 2. The van der Waals surface area contributed by atoms with Crippen LogP contribution in [0.3, 0.4) is 0 Å². The average molecular weight is 574 g/mol. The lowest BCUT2D eigenvalue weighted by atomic mass is 9.74. The maximum atomic E-state index is 13.2. The standard InChI is InChI=1S/C24H14Br2O7/c25-9-16(29)20-15(28)8-19-22(21(20)17(30)10-26)24(14-6-5-11(27)7-18(14)32-19)13-4-2-1-3-12(13)23(31)33-24/h1-8,27-28H,9-10H2. The second-order valence-electron chi connectivity index (χ2n) is 7.53. The molecule has 3 aromatic rings. The molecule has 1 spiro atoms. The number of Topliss-reactive ketones (excluding diaryl/α,β-unsaturated/α-hetero) is 2. The zero-order valence-corrected chi connectivity index (χ0v) is 19.9. The highest BCUT2D eigenvalue weighted by Crippen LogP contribution is 2.58. The van der Waals surface area contributed by atoms with Crippen LogP contribution in [0.5, 0.6) is 23.0 Å². The number of esters is 1. The molecule has 0 radical (unpaired) electrons. The third kappa shape index (κ3) is 2.95. The number of phenols is 2. The number of ether oxygens (including phenoxy) is 2. The summed E-state index contributed by atoms with van der Waals surface area (Å²) in [6.07, 6.45) is 0. The summed E-state index contributed by atoms with van der Waals surface area (Å²) in [5, 5.41) is 20.5. The van der Waals surface area contributed by atoms with Crippen molar-refractivity contribution in [1.29, 1.82) is 0 Å². The zero-order chi connectivity index (χ0) is 23.5. The summed E-state index contributed by atoms with van der Waals surface area (Å²) in [6, 6.07) is 12.3. The van der Waals surface area contributed by atoms with Crippen molar-refractivity contribution in [3.8, 4) is 23.0 Å². The average Bonchev–Trinajstić information content (AvgIpc) is 3.10. The molecule has 0 fully saturated rings. The van der Waals surface area contributed by atoms with Crippen LogP contribution < -0.4 is 4.74 Å². The van der Waals surface area contributed by atoms with Gasteiger partial charge in [-0.15, -0.1) is 0 Å². The predicted octanol–water partition coefficient (Wildman–Crippen LogP) is 4.82. The lowest BCUT2D eigenvalue weighted by Crippen LogP contribution is -2.36. The summed E-state index contributed by atoms with van der Waals surface area (Å²) in [4.78, 5) is 39.0. The van der Waals surface area contributed by atoms with Crippen LogP contribution in [0.2, 0.25) is 0 Å². The Morgan fingerprint density at radius 2 is 1.58 bits per heavy atom. The van der Waals surface area contributed by atoms with Gasteiger partial charge in [-0.25, -0.2) is 4.79 Å². The van der Waals surface area contributed by atoms with Crippen molar-refractivity contribution >= 4 is 49.4 Å². The molecule has 2 aliphatic heterocycles. The van der Waals surface area contributed by atoms with Gasteiger partial charge < -0.3 is 19.7 Å². The molecule has 0 amide bonds. The van der Waals surface area contributed by atoms with Gasteiger partial charge in [0.1, 0.15) is 23.0 Å². The third-order valence-corrected chi connectivity index (χ3v) is 6.78. The largest absolute Gasteiger partial charge is 0.508 e. The molecule has 0 aliphatic carbocycles. The first-order valence-corrected chi connectivity index (χ1v) is 12.0. The van der Waals surface area contributed by atoms with E-state index in [1.165, 1.54) is 18.2 Å². The summed E-state index contributed by atoms with van der Waals surface area (Å²) in [5.74, 6) is -1.96. The summed E-state index contributed by atoms with van der Waals surface area (Å²) in [5.41, 5.74) is -0.661. The molecule has 9 heteroatoms. The van der Waals surface area contributed by atoms with Crippen molar-refractivity contribution in [1.82, 2.24) is 0 Å². The van der Waals surface area contributed by atoms with E-state index in [1.807, 2.05) is 0 Å². The summed E-state index contributed by atoms with van der Waals surface area (Å²) >= 11 is 6.26. The van der Waals surface area contributed by atoms with Crippen molar-refractivity contribution in [2.24, 2.45) is 0 Å². The lowest BCUT2D eigenvalue weighted by molar-refractivity contribution is 0.0220. The molecule has 7 nitrogen and oxygen atoms in total. The Bertz CT molecular complexity index is 1380. The number of alkyl halides is 2. The number of fused-ring (bicyclic) bond motifs is 6. The molecule has 0 saturated heterocycles. The molecular weight excluding hydrogens is 560 g/mol. The molecule has 5 rings (SSSR count). The Morgan fingerprint density at radius 3 is 2.30 bits per heavy atom. The number of benzene rings is 3. The van der Waals surface area contributed by atoms with Gasteiger partial charge in [0.2, 0.25) is 0 Å². The fourth-order valence-corrected chi connectivity index (χ4v) is 5.07. The minimum absolute atomic E-state index is 0.0329. The highest BCUT2D eigenvalue weighted by Gasteiger charge is 2.56. The first kappa shape index (κ1) is 21.7. The molecule has 2 heterocycles. The quantitative estimate of drug-likeness (QED) is 0.261. The van der Waals surface area contributed by atoms with Crippen LogP contribution in [0.1, 0.15) is 47.8 Å². The van der Waals surface area contributed by atoms with Crippen LogP contribution in [-0.4, -0.2) is 38.4 Å². The molecule has 2 aliphatic rings. The highest BCUT2D eigenvalue weighted by atomic mass is 79.9. The summed E-state index contributed by atoms with van der Waals surface area (Å²) < 4.78 is 12.0. The topological polar surface area (TPSA) is 110 Å². The number of rotatable bonds is 4. The molecule has 3 aromatic carbocycles. The van der Waals surface area contributed by atoms with Crippen LogP contribution >= 0.6 is 31.9 Å². The molecule has 1 unspecified atom stereocenters. The molecular formula is C24H14Br2O7. The molecule has 33 heavy (non-hydrogen) atoms. The normalized spacial score (nSPS) is 17.6. The highest BCUT2D eigenvalue weighted by molar-refractivity contribution is 9.09. The van der Waals surface area contributed by atoms with E-state index in [9.17, 15) is 24.6 Å². The molecule has 166 valence electrons. The summed E-state index contributed by atoms with van der Waals surface area (Å²) in [7, 11) is 0. The maximum Gasteiger partial charge on any atom is 0.340 e. The van der Waals surface area contributed by atoms with Crippen molar-refractivity contribution in [2.45, 2.75) is 5.60 Å². The van der Waals surface area contributed by atoms with Crippen molar-refractivity contribution < 1.29 is 34.1 Å².